The van der Waals surface area contributed by atoms with Gasteiger partial charge in [0.25, 0.3) is 0 Å². The quantitative estimate of drug-likeness (QED) is 0.760. The lowest BCUT2D eigenvalue weighted by atomic mass is 9.81. The number of nitrogens with one attached hydrogen (secondary N) is 1. The molecule has 0 saturated heterocycles. The van der Waals surface area contributed by atoms with Crippen molar-refractivity contribution in [3.8, 4) is 0 Å². The molecule has 1 nitrogen and oxygen atoms in total. The maximum Gasteiger partial charge on any atom is 0.0595 e. The Hall–Kier alpha value is -1.15. The van der Waals surface area contributed by atoms with Crippen LogP contribution in [0.3, 0.4) is 0 Å². The summed E-state index contributed by atoms with van der Waals surface area (Å²) in [6.07, 6.45) is 3.21. The van der Waals surface area contributed by atoms with Crippen molar-refractivity contribution in [3.63, 3.8) is 0 Å². The number of halogens is 3. The van der Waals surface area contributed by atoms with Gasteiger partial charge in [0.15, 0.2) is 0 Å². The summed E-state index contributed by atoms with van der Waals surface area (Å²) in [6, 6.07) is 14.4. The number of allylic oxidation sites excluding steroid dienone is 1. The zero-order valence-electron chi connectivity index (χ0n) is 11.6. The van der Waals surface area contributed by atoms with E-state index in [2.05, 4.69) is 41.7 Å². The molecular weight excluding hydrogens is 325 g/mol. The van der Waals surface area contributed by atoms with Crippen LogP contribution in [0.1, 0.15) is 29.0 Å². The Labute approximate surface area is 141 Å². The van der Waals surface area contributed by atoms with Crippen molar-refractivity contribution < 1.29 is 0 Å². The molecule has 0 heterocycles. The molecule has 4 heteroatoms. The first kappa shape index (κ1) is 16.2. The number of rotatable bonds is 2. The molecule has 0 amide bonds. The van der Waals surface area contributed by atoms with Gasteiger partial charge in [-0.1, -0.05) is 59.6 Å². The van der Waals surface area contributed by atoms with Gasteiger partial charge >= 0.3 is 0 Å². The van der Waals surface area contributed by atoms with Crippen molar-refractivity contribution >= 4 is 41.3 Å². The molecule has 0 aromatic heterocycles. The van der Waals surface area contributed by atoms with E-state index in [0.29, 0.717) is 16.0 Å². The smallest absolute Gasteiger partial charge is 0.0595 e. The van der Waals surface area contributed by atoms with Gasteiger partial charge in [-0.3, -0.25) is 0 Å². The Balaban J connectivity index is 0.00000161. The summed E-state index contributed by atoms with van der Waals surface area (Å²) in [5.41, 5.74) is 4.99. The minimum atomic E-state index is 0. The molecule has 1 aliphatic rings. The van der Waals surface area contributed by atoms with Gasteiger partial charge in [0.05, 0.1) is 10.0 Å². The van der Waals surface area contributed by atoms with Gasteiger partial charge in [-0.15, -0.1) is 12.4 Å². The fourth-order valence-corrected chi connectivity index (χ4v) is 3.11. The first-order chi connectivity index (χ1) is 9.70. The highest BCUT2D eigenvalue weighted by atomic mass is 35.5. The second kappa shape index (κ2) is 6.74. The fourth-order valence-electron chi connectivity index (χ4n) is 2.80. The van der Waals surface area contributed by atoms with E-state index in [-0.39, 0.29) is 12.4 Å². The zero-order chi connectivity index (χ0) is 14.1. The summed E-state index contributed by atoms with van der Waals surface area (Å²) in [6.45, 7) is 0. The van der Waals surface area contributed by atoms with Crippen LogP contribution < -0.4 is 5.32 Å². The Kier molecular flexibility index (Phi) is 5.21. The number of hydrogen-bond donors (Lipinski definition) is 1. The molecule has 0 aliphatic heterocycles. The van der Waals surface area contributed by atoms with E-state index in [0.717, 1.165) is 6.42 Å². The van der Waals surface area contributed by atoms with Crippen LogP contribution in [-0.2, 0) is 0 Å². The summed E-state index contributed by atoms with van der Waals surface area (Å²) >= 11 is 12.2. The Bertz CT molecular complexity index is 679. The van der Waals surface area contributed by atoms with E-state index in [1.165, 1.54) is 22.4 Å². The average molecular weight is 341 g/mol. The third-order valence-electron chi connectivity index (χ3n) is 3.80. The van der Waals surface area contributed by atoms with Gasteiger partial charge in [0.2, 0.25) is 0 Å². The van der Waals surface area contributed by atoms with E-state index in [4.69, 9.17) is 23.2 Å². The standard InChI is InChI=1S/C17H15Cl2N.ClH/c1-20-17-9-7-12(13-4-2-3-5-14(13)17)11-6-8-15(18)16(19)10-11;/h2-6,8-10,12,20H,7H2,1H3;1H. The van der Waals surface area contributed by atoms with Gasteiger partial charge < -0.3 is 5.32 Å². The SMILES string of the molecule is CNC1=CCC(c2ccc(Cl)c(Cl)c2)c2ccccc21.Cl. The van der Waals surface area contributed by atoms with E-state index < -0.39 is 0 Å². The Morgan fingerprint density at radius 1 is 1.05 bits per heavy atom. The van der Waals surface area contributed by atoms with Crippen molar-refractivity contribution in [1.82, 2.24) is 5.32 Å². The molecule has 2 aromatic carbocycles. The van der Waals surface area contributed by atoms with E-state index >= 15 is 0 Å². The van der Waals surface area contributed by atoms with Crippen molar-refractivity contribution in [1.29, 1.82) is 0 Å². The average Bonchev–Trinajstić information content (AvgIpc) is 2.49. The van der Waals surface area contributed by atoms with Crippen LogP contribution in [0.2, 0.25) is 10.0 Å². The molecule has 2 aromatic rings. The highest BCUT2D eigenvalue weighted by Gasteiger charge is 2.22. The first-order valence-corrected chi connectivity index (χ1v) is 7.38. The molecule has 1 aliphatic carbocycles. The van der Waals surface area contributed by atoms with Crippen molar-refractivity contribution in [2.24, 2.45) is 0 Å². The van der Waals surface area contributed by atoms with Gasteiger partial charge in [-0.05, 0) is 29.7 Å². The summed E-state index contributed by atoms with van der Waals surface area (Å²) < 4.78 is 0. The van der Waals surface area contributed by atoms with Crippen LogP contribution in [0.25, 0.3) is 5.70 Å². The predicted octanol–water partition coefficient (Wildman–Crippen LogP) is 5.51. The van der Waals surface area contributed by atoms with Gasteiger partial charge in [-0.25, -0.2) is 0 Å². The Morgan fingerprint density at radius 2 is 1.81 bits per heavy atom. The lowest BCUT2D eigenvalue weighted by molar-refractivity contribution is 0.805. The predicted molar refractivity (Wildman–Crippen MR) is 93.6 cm³/mol. The molecule has 0 radical (unpaired) electrons. The van der Waals surface area contributed by atoms with Crippen molar-refractivity contribution in [3.05, 3.63) is 75.3 Å². The van der Waals surface area contributed by atoms with Crippen molar-refractivity contribution in [2.75, 3.05) is 7.05 Å². The van der Waals surface area contributed by atoms with Crippen LogP contribution in [0.4, 0.5) is 0 Å². The summed E-state index contributed by atoms with van der Waals surface area (Å²) in [5.74, 6) is 0.332. The number of fused-ring (bicyclic) bond motifs is 1. The largest absolute Gasteiger partial charge is 0.388 e. The minimum Gasteiger partial charge on any atom is -0.388 e. The molecule has 0 fully saturated rings. The highest BCUT2D eigenvalue weighted by Crippen LogP contribution is 2.39. The topological polar surface area (TPSA) is 12.0 Å². The van der Waals surface area contributed by atoms with Crippen LogP contribution in [0.5, 0.6) is 0 Å². The van der Waals surface area contributed by atoms with Gasteiger partial charge in [0, 0.05) is 24.2 Å². The van der Waals surface area contributed by atoms with E-state index in [9.17, 15) is 0 Å². The second-order valence-corrected chi connectivity index (χ2v) is 5.73. The lowest BCUT2D eigenvalue weighted by Gasteiger charge is -2.26. The van der Waals surface area contributed by atoms with Crippen LogP contribution in [0.15, 0.2) is 48.5 Å². The fraction of sp³-hybridized carbons (Fsp3) is 0.176. The van der Waals surface area contributed by atoms with E-state index in [1.807, 2.05) is 19.2 Å². The molecule has 110 valence electrons. The number of benzene rings is 2. The maximum atomic E-state index is 6.16. The molecule has 3 rings (SSSR count). The summed E-state index contributed by atoms with van der Waals surface area (Å²) in [7, 11) is 1.96. The van der Waals surface area contributed by atoms with Crippen LogP contribution >= 0.6 is 35.6 Å². The summed E-state index contributed by atoms with van der Waals surface area (Å²) in [4.78, 5) is 0. The highest BCUT2D eigenvalue weighted by molar-refractivity contribution is 6.42. The maximum absolute atomic E-state index is 6.16. The van der Waals surface area contributed by atoms with Crippen LogP contribution in [0, 0.1) is 0 Å². The summed E-state index contributed by atoms with van der Waals surface area (Å²) in [5, 5.41) is 4.49. The first-order valence-electron chi connectivity index (χ1n) is 6.63. The molecule has 21 heavy (non-hydrogen) atoms. The molecule has 1 atom stereocenters. The number of hydrogen-bond acceptors (Lipinski definition) is 1. The monoisotopic (exact) mass is 339 g/mol. The minimum absolute atomic E-state index is 0. The molecule has 1 unspecified atom stereocenters. The third kappa shape index (κ3) is 3.06. The van der Waals surface area contributed by atoms with Gasteiger partial charge in [-0.2, -0.15) is 0 Å². The molecule has 0 saturated carbocycles. The molecule has 0 bridgehead atoms. The van der Waals surface area contributed by atoms with Gasteiger partial charge in [0.1, 0.15) is 0 Å². The molecular formula is C17H16Cl3N. The molecule has 0 spiro atoms. The Morgan fingerprint density at radius 3 is 2.52 bits per heavy atom. The normalized spacial score (nSPS) is 16.5. The zero-order valence-corrected chi connectivity index (χ0v) is 13.9. The third-order valence-corrected chi connectivity index (χ3v) is 4.54. The lowest BCUT2D eigenvalue weighted by Crippen LogP contribution is -2.14. The van der Waals surface area contributed by atoms with Crippen LogP contribution in [-0.4, -0.2) is 7.05 Å². The van der Waals surface area contributed by atoms with E-state index in [1.54, 1.807) is 0 Å². The second-order valence-electron chi connectivity index (χ2n) is 4.92. The van der Waals surface area contributed by atoms with Crippen molar-refractivity contribution in [2.45, 2.75) is 12.3 Å². The molecule has 1 N–H and O–H groups in total.